The first-order valence-corrected chi connectivity index (χ1v) is 12.5. The third kappa shape index (κ3) is 6.35. The van der Waals surface area contributed by atoms with Gasteiger partial charge in [-0.05, 0) is 19.0 Å². The van der Waals surface area contributed by atoms with Crippen LogP contribution >= 0.6 is 0 Å². The second kappa shape index (κ2) is 13.1. The van der Waals surface area contributed by atoms with Crippen LogP contribution in [0.2, 0.25) is 0 Å². The van der Waals surface area contributed by atoms with Crippen molar-refractivity contribution in [3.63, 3.8) is 0 Å². The number of rotatable bonds is 12. The fourth-order valence-corrected chi connectivity index (χ4v) is 4.42. The van der Waals surface area contributed by atoms with Gasteiger partial charge in [-0.2, -0.15) is 0 Å². The molecule has 1 amide bonds. The summed E-state index contributed by atoms with van der Waals surface area (Å²) in [4.78, 5) is 24.3. The normalized spacial score (nSPS) is 13.7. The molecule has 38 heavy (non-hydrogen) atoms. The van der Waals surface area contributed by atoms with Crippen LogP contribution in [0.25, 0.3) is 10.9 Å². The summed E-state index contributed by atoms with van der Waals surface area (Å²) >= 11 is 0. The number of ether oxygens (including phenoxy) is 5. The lowest BCUT2D eigenvalue weighted by Crippen LogP contribution is -2.38. The maximum atomic E-state index is 13.1. The lowest BCUT2D eigenvalue weighted by atomic mass is 10.1. The molecule has 0 saturated carbocycles. The Morgan fingerprint density at radius 1 is 0.947 bits per heavy atom. The number of morpholine rings is 1. The Hall–Kier alpha value is -3.83. The first kappa shape index (κ1) is 27.2. The monoisotopic (exact) mass is 525 g/mol. The van der Waals surface area contributed by atoms with E-state index in [4.69, 9.17) is 23.7 Å². The zero-order chi connectivity index (χ0) is 26.9. The van der Waals surface area contributed by atoms with E-state index in [2.05, 4.69) is 25.5 Å². The third-order valence-corrected chi connectivity index (χ3v) is 6.49. The quantitative estimate of drug-likeness (QED) is 0.342. The second-order valence-electron chi connectivity index (χ2n) is 8.72. The zero-order valence-corrected chi connectivity index (χ0v) is 22.3. The van der Waals surface area contributed by atoms with Gasteiger partial charge in [-0.3, -0.25) is 9.69 Å². The molecule has 11 nitrogen and oxygen atoms in total. The highest BCUT2D eigenvalue weighted by atomic mass is 16.5. The van der Waals surface area contributed by atoms with E-state index in [1.165, 1.54) is 6.33 Å². The van der Waals surface area contributed by atoms with Gasteiger partial charge >= 0.3 is 0 Å². The van der Waals surface area contributed by atoms with Gasteiger partial charge in [-0.25, -0.2) is 9.97 Å². The molecular weight excluding hydrogens is 490 g/mol. The Bertz CT molecular complexity index is 1220. The van der Waals surface area contributed by atoms with Gasteiger partial charge in [0, 0.05) is 49.8 Å². The molecule has 11 heteroatoms. The van der Waals surface area contributed by atoms with E-state index < -0.39 is 0 Å². The highest BCUT2D eigenvalue weighted by molar-refractivity contribution is 6.03. The Labute approximate surface area is 222 Å². The average Bonchev–Trinajstić information content (AvgIpc) is 2.97. The fourth-order valence-electron chi connectivity index (χ4n) is 4.42. The number of carbonyl (C=O) groups excluding carboxylic acids is 1. The lowest BCUT2D eigenvalue weighted by molar-refractivity contribution is 0.0374. The van der Waals surface area contributed by atoms with Crippen LogP contribution in [0.1, 0.15) is 22.3 Å². The van der Waals surface area contributed by atoms with Crippen molar-refractivity contribution in [3.8, 4) is 23.0 Å². The number of hydrogen-bond acceptors (Lipinski definition) is 10. The van der Waals surface area contributed by atoms with Crippen LogP contribution in [-0.4, -0.2) is 88.6 Å². The van der Waals surface area contributed by atoms with Gasteiger partial charge in [-0.15, -0.1) is 0 Å². The number of carbonyl (C=O) groups is 1. The van der Waals surface area contributed by atoms with Crippen molar-refractivity contribution in [1.29, 1.82) is 0 Å². The van der Waals surface area contributed by atoms with E-state index in [1.807, 2.05) is 0 Å². The summed E-state index contributed by atoms with van der Waals surface area (Å²) in [6, 6.07) is 7.10. The maximum Gasteiger partial charge on any atom is 0.255 e. The molecule has 1 aliphatic rings. The van der Waals surface area contributed by atoms with Gasteiger partial charge in [0.15, 0.2) is 0 Å². The van der Waals surface area contributed by atoms with E-state index in [-0.39, 0.29) is 5.91 Å². The van der Waals surface area contributed by atoms with Crippen LogP contribution in [0.5, 0.6) is 23.0 Å². The number of nitrogens with one attached hydrogen (secondary N) is 2. The number of nitrogens with zero attached hydrogens (tertiary/aromatic N) is 3. The number of methoxy groups -OCH3 is 4. The summed E-state index contributed by atoms with van der Waals surface area (Å²) < 4.78 is 27.4. The molecule has 0 aliphatic carbocycles. The summed E-state index contributed by atoms with van der Waals surface area (Å²) in [5.41, 5.74) is 1.87. The molecule has 2 N–H and O–H groups in total. The molecule has 204 valence electrons. The van der Waals surface area contributed by atoms with Gasteiger partial charge in [0.2, 0.25) is 0 Å². The Morgan fingerprint density at radius 3 is 2.32 bits per heavy atom. The van der Waals surface area contributed by atoms with E-state index in [9.17, 15) is 4.79 Å². The minimum absolute atomic E-state index is 0.209. The van der Waals surface area contributed by atoms with Gasteiger partial charge in [-0.1, -0.05) is 0 Å². The standard InChI is InChI=1S/C27H35N5O6/c1-34-18-12-23(35-2)21(24(13-18)36-3)16-29-26-19-14-20(25(37-4)15-22(19)30-17-31-26)27(33)28-6-5-7-32-8-10-38-11-9-32/h12-15,17H,5-11,16H2,1-4H3,(H,28,33)(H,29,30,31). The molecule has 1 aliphatic heterocycles. The number of hydrogen-bond donors (Lipinski definition) is 2. The molecule has 0 radical (unpaired) electrons. The molecule has 1 aromatic heterocycles. The van der Waals surface area contributed by atoms with Gasteiger partial charge in [0.05, 0.1) is 58.3 Å². The molecule has 2 aromatic carbocycles. The largest absolute Gasteiger partial charge is 0.496 e. The van der Waals surface area contributed by atoms with Crippen LogP contribution in [0.4, 0.5) is 5.82 Å². The average molecular weight is 526 g/mol. The van der Waals surface area contributed by atoms with E-state index in [0.29, 0.717) is 58.4 Å². The lowest BCUT2D eigenvalue weighted by Gasteiger charge is -2.26. The zero-order valence-electron chi connectivity index (χ0n) is 22.3. The molecule has 2 heterocycles. The molecule has 3 aromatic rings. The predicted molar refractivity (Wildman–Crippen MR) is 144 cm³/mol. The second-order valence-corrected chi connectivity index (χ2v) is 8.72. The van der Waals surface area contributed by atoms with Crippen LogP contribution in [0, 0.1) is 0 Å². The topological polar surface area (TPSA) is 116 Å². The molecule has 1 fully saturated rings. The summed E-state index contributed by atoms with van der Waals surface area (Å²) in [7, 11) is 6.32. The number of fused-ring (bicyclic) bond motifs is 1. The molecule has 4 rings (SSSR count). The summed E-state index contributed by atoms with van der Waals surface area (Å²) in [6.45, 7) is 5.21. The van der Waals surface area contributed by atoms with Crippen molar-refractivity contribution in [2.24, 2.45) is 0 Å². The smallest absolute Gasteiger partial charge is 0.255 e. The Kier molecular flexibility index (Phi) is 9.39. The SMILES string of the molecule is COc1cc(OC)c(CNc2ncnc3cc(OC)c(C(=O)NCCCN4CCOCC4)cc23)c(OC)c1. The van der Waals surface area contributed by atoms with E-state index in [1.54, 1.807) is 52.7 Å². The van der Waals surface area contributed by atoms with Crippen molar-refractivity contribution in [2.75, 3.05) is 73.1 Å². The molecule has 0 bridgehead atoms. The first-order chi connectivity index (χ1) is 18.6. The van der Waals surface area contributed by atoms with Gasteiger partial charge < -0.3 is 34.3 Å². The van der Waals surface area contributed by atoms with Crippen LogP contribution < -0.4 is 29.6 Å². The molecule has 0 atom stereocenters. The van der Waals surface area contributed by atoms with Crippen molar-refractivity contribution < 1.29 is 28.5 Å². The van der Waals surface area contributed by atoms with Crippen molar-refractivity contribution in [1.82, 2.24) is 20.2 Å². The minimum atomic E-state index is -0.209. The minimum Gasteiger partial charge on any atom is -0.496 e. The summed E-state index contributed by atoms with van der Waals surface area (Å²) in [5.74, 6) is 2.67. The van der Waals surface area contributed by atoms with Crippen LogP contribution in [-0.2, 0) is 11.3 Å². The third-order valence-electron chi connectivity index (χ3n) is 6.49. The van der Waals surface area contributed by atoms with Gasteiger partial charge in [0.25, 0.3) is 5.91 Å². The van der Waals surface area contributed by atoms with E-state index >= 15 is 0 Å². The first-order valence-electron chi connectivity index (χ1n) is 12.5. The highest BCUT2D eigenvalue weighted by Gasteiger charge is 2.18. The van der Waals surface area contributed by atoms with E-state index in [0.717, 1.165) is 44.8 Å². The fraction of sp³-hybridized carbons (Fsp3) is 0.444. The van der Waals surface area contributed by atoms with Crippen molar-refractivity contribution in [3.05, 3.63) is 41.7 Å². The van der Waals surface area contributed by atoms with Crippen molar-refractivity contribution in [2.45, 2.75) is 13.0 Å². The molecule has 0 unspecified atom stereocenters. The molecule has 1 saturated heterocycles. The Balaban J connectivity index is 1.52. The van der Waals surface area contributed by atoms with Gasteiger partial charge in [0.1, 0.15) is 35.1 Å². The molecular formula is C27H35N5O6. The predicted octanol–water partition coefficient (Wildman–Crippen LogP) is 2.73. The molecule has 0 spiro atoms. The number of amides is 1. The highest BCUT2D eigenvalue weighted by Crippen LogP contribution is 2.35. The van der Waals surface area contributed by atoms with Crippen LogP contribution in [0.15, 0.2) is 30.6 Å². The van der Waals surface area contributed by atoms with Crippen LogP contribution in [0.3, 0.4) is 0 Å². The summed E-state index contributed by atoms with van der Waals surface area (Å²) in [6.07, 6.45) is 2.32. The Morgan fingerprint density at radius 2 is 1.66 bits per heavy atom. The number of aromatic nitrogens is 2. The number of benzene rings is 2. The maximum absolute atomic E-state index is 13.1. The summed E-state index contributed by atoms with van der Waals surface area (Å²) in [5, 5.41) is 7.05. The number of anilines is 1. The van der Waals surface area contributed by atoms with Crippen molar-refractivity contribution >= 4 is 22.6 Å².